The number of nitrogens with one attached hydrogen (secondary N) is 1. The van der Waals surface area contributed by atoms with Crippen LogP contribution in [-0.2, 0) is 11.3 Å². The number of nitrogens with zero attached hydrogens (tertiary/aromatic N) is 4. The highest BCUT2D eigenvalue weighted by Crippen LogP contribution is 2.43. The summed E-state index contributed by atoms with van der Waals surface area (Å²) in [6.45, 7) is 10.3. The second-order valence-electron chi connectivity index (χ2n) is 11.3. The number of ether oxygens (including phenoxy) is 2. The Morgan fingerprint density at radius 3 is 2.52 bits per heavy atom. The van der Waals surface area contributed by atoms with Crippen LogP contribution >= 0.6 is 12.2 Å². The molecule has 2 aromatic heterocycles. The smallest absolute Gasteiger partial charge is 0.174 e. The van der Waals surface area contributed by atoms with E-state index in [2.05, 4.69) is 76.0 Å². The molecule has 1 aliphatic carbocycles. The average molecular weight is 560 g/mol. The molecule has 4 heterocycles. The molecule has 0 unspecified atom stereocenters. The molecule has 0 bridgehead atoms. The van der Waals surface area contributed by atoms with Gasteiger partial charge in [-0.3, -0.25) is 9.88 Å². The number of aryl methyl sites for hydroxylation is 1. The van der Waals surface area contributed by atoms with E-state index in [-0.39, 0.29) is 12.1 Å². The maximum atomic E-state index is 6.25. The van der Waals surface area contributed by atoms with Gasteiger partial charge in [0, 0.05) is 49.5 Å². The number of anilines is 1. The van der Waals surface area contributed by atoms with Crippen LogP contribution < -0.4 is 15.0 Å². The molecule has 8 heteroatoms. The van der Waals surface area contributed by atoms with Crippen LogP contribution in [0.15, 0.2) is 54.7 Å². The lowest BCUT2D eigenvalue weighted by molar-refractivity contribution is 0.0369. The Morgan fingerprint density at radius 1 is 1.02 bits per heavy atom. The highest BCUT2D eigenvalue weighted by Gasteiger charge is 2.42. The maximum Gasteiger partial charge on any atom is 0.174 e. The second-order valence-corrected chi connectivity index (χ2v) is 11.7. The Bertz CT molecular complexity index is 1280. The zero-order valence-electron chi connectivity index (χ0n) is 23.7. The van der Waals surface area contributed by atoms with E-state index in [1.807, 2.05) is 12.3 Å². The van der Waals surface area contributed by atoms with Crippen LogP contribution in [0.4, 0.5) is 5.69 Å². The summed E-state index contributed by atoms with van der Waals surface area (Å²) in [5.41, 5.74) is 5.93. The van der Waals surface area contributed by atoms with Crippen molar-refractivity contribution in [3.8, 4) is 5.75 Å². The summed E-state index contributed by atoms with van der Waals surface area (Å²) in [6.07, 6.45) is 8.15. The minimum absolute atomic E-state index is 0.0109. The molecule has 1 aromatic carbocycles. The minimum atomic E-state index is -0.0505. The largest absolute Gasteiger partial charge is 0.490 e. The Kier molecular flexibility index (Phi) is 8.37. The van der Waals surface area contributed by atoms with E-state index >= 15 is 0 Å². The summed E-state index contributed by atoms with van der Waals surface area (Å²) in [7, 11) is 0. The zero-order valence-corrected chi connectivity index (χ0v) is 24.5. The predicted octanol–water partition coefficient (Wildman–Crippen LogP) is 5.72. The van der Waals surface area contributed by atoms with Gasteiger partial charge in [0.25, 0.3) is 0 Å². The van der Waals surface area contributed by atoms with Crippen molar-refractivity contribution in [3.63, 3.8) is 0 Å². The van der Waals surface area contributed by atoms with Gasteiger partial charge in [-0.15, -0.1) is 0 Å². The number of hydrogen-bond donors (Lipinski definition) is 1. The van der Waals surface area contributed by atoms with Gasteiger partial charge < -0.3 is 24.3 Å². The SMILES string of the molecule is Cc1cc([C@H]2[C@@H](c3ccccn3)NC(=S)N2c2ccc(OC3CCCC3)cc2)c(C)n1CCCN1CCOCC1. The Morgan fingerprint density at radius 2 is 1.80 bits per heavy atom. The third-order valence-corrected chi connectivity index (χ3v) is 9.02. The summed E-state index contributed by atoms with van der Waals surface area (Å²) in [5, 5.41) is 4.34. The molecule has 3 aliphatic rings. The molecule has 0 amide bonds. The van der Waals surface area contributed by atoms with Gasteiger partial charge in [-0.2, -0.15) is 0 Å². The molecule has 7 nitrogen and oxygen atoms in total. The molecule has 3 aromatic rings. The van der Waals surface area contributed by atoms with E-state index in [4.69, 9.17) is 26.7 Å². The van der Waals surface area contributed by atoms with Crippen LogP contribution in [0, 0.1) is 13.8 Å². The molecule has 0 radical (unpaired) electrons. The van der Waals surface area contributed by atoms with Gasteiger partial charge >= 0.3 is 0 Å². The molecule has 6 rings (SSSR count). The first-order valence-corrected chi connectivity index (χ1v) is 15.2. The van der Waals surface area contributed by atoms with Crippen LogP contribution in [0.1, 0.15) is 66.8 Å². The van der Waals surface area contributed by atoms with Crippen LogP contribution in [0.25, 0.3) is 0 Å². The first kappa shape index (κ1) is 27.2. The molecule has 0 spiro atoms. The van der Waals surface area contributed by atoms with Crippen LogP contribution in [0.2, 0.25) is 0 Å². The molecule has 212 valence electrons. The summed E-state index contributed by atoms with van der Waals surface area (Å²) in [5.74, 6) is 0.935. The molecule has 2 aliphatic heterocycles. The van der Waals surface area contributed by atoms with E-state index in [1.165, 1.54) is 29.8 Å². The lowest BCUT2D eigenvalue weighted by Gasteiger charge is -2.28. The van der Waals surface area contributed by atoms with Gasteiger partial charge in [-0.25, -0.2) is 0 Å². The van der Waals surface area contributed by atoms with Gasteiger partial charge in [0.05, 0.1) is 37.1 Å². The highest BCUT2D eigenvalue weighted by molar-refractivity contribution is 7.80. The van der Waals surface area contributed by atoms with Crippen molar-refractivity contribution >= 4 is 23.0 Å². The molecule has 1 saturated carbocycles. The van der Waals surface area contributed by atoms with E-state index in [0.29, 0.717) is 6.10 Å². The van der Waals surface area contributed by atoms with Gasteiger partial charge in [0.2, 0.25) is 0 Å². The summed E-state index contributed by atoms with van der Waals surface area (Å²) in [4.78, 5) is 9.52. The number of pyridine rings is 1. The number of benzene rings is 1. The van der Waals surface area contributed by atoms with Gasteiger partial charge in [-0.05, 0) is 106 Å². The maximum absolute atomic E-state index is 6.25. The molecule has 2 saturated heterocycles. The van der Waals surface area contributed by atoms with Crippen molar-refractivity contribution in [2.75, 3.05) is 37.7 Å². The number of rotatable bonds is 9. The van der Waals surface area contributed by atoms with Gasteiger partial charge in [0.1, 0.15) is 5.75 Å². The fraction of sp³-hybridized carbons (Fsp3) is 0.500. The lowest BCUT2D eigenvalue weighted by atomic mass is 9.96. The molecule has 2 atom stereocenters. The lowest BCUT2D eigenvalue weighted by Crippen LogP contribution is -2.37. The second kappa shape index (κ2) is 12.3. The fourth-order valence-electron chi connectivity index (χ4n) is 6.58. The number of thiocarbonyl (C=S) groups is 1. The molecular weight excluding hydrogens is 518 g/mol. The Balaban J connectivity index is 1.28. The first-order valence-electron chi connectivity index (χ1n) is 14.8. The fourth-order valence-corrected chi connectivity index (χ4v) is 6.93. The standard InChI is InChI=1S/C32H41N5O2S/c1-23-22-28(24(2)36(23)17-7-16-35-18-20-38-21-19-35)31-30(29-10-5-6-15-33-29)34-32(40)37(31)25-11-13-27(14-12-25)39-26-8-3-4-9-26/h5-6,10-15,22,26,30-31H,3-4,7-9,16-21H2,1-2H3,(H,34,40)/t30-,31+/m1/s1. The molecule has 3 fully saturated rings. The Labute approximate surface area is 243 Å². The quantitative estimate of drug-likeness (QED) is 0.337. The topological polar surface area (TPSA) is 54.8 Å². The monoisotopic (exact) mass is 559 g/mol. The summed E-state index contributed by atoms with van der Waals surface area (Å²) < 4.78 is 14.2. The Hall–Kier alpha value is -2.94. The minimum Gasteiger partial charge on any atom is -0.490 e. The van der Waals surface area contributed by atoms with Crippen LogP contribution in [0.3, 0.4) is 0 Å². The van der Waals surface area contributed by atoms with Crippen molar-refractivity contribution < 1.29 is 9.47 Å². The van der Waals surface area contributed by atoms with Crippen molar-refractivity contribution in [1.29, 1.82) is 0 Å². The van der Waals surface area contributed by atoms with Crippen molar-refractivity contribution in [2.24, 2.45) is 0 Å². The molecule has 1 N–H and O–H groups in total. The van der Waals surface area contributed by atoms with Crippen molar-refractivity contribution in [2.45, 2.75) is 70.7 Å². The van der Waals surface area contributed by atoms with E-state index in [9.17, 15) is 0 Å². The van der Waals surface area contributed by atoms with Crippen molar-refractivity contribution in [3.05, 3.63) is 77.4 Å². The van der Waals surface area contributed by atoms with Gasteiger partial charge in [-0.1, -0.05) is 6.07 Å². The number of morpholine rings is 1. The van der Waals surface area contributed by atoms with Crippen LogP contribution in [-0.4, -0.2) is 58.5 Å². The van der Waals surface area contributed by atoms with Crippen molar-refractivity contribution in [1.82, 2.24) is 19.8 Å². The number of hydrogen-bond acceptors (Lipinski definition) is 5. The summed E-state index contributed by atoms with van der Waals surface area (Å²) in [6, 6.07) is 16.9. The summed E-state index contributed by atoms with van der Waals surface area (Å²) >= 11 is 5.98. The predicted molar refractivity (Wildman–Crippen MR) is 163 cm³/mol. The van der Waals surface area contributed by atoms with Gasteiger partial charge in [0.15, 0.2) is 5.11 Å². The number of aromatic nitrogens is 2. The van der Waals surface area contributed by atoms with Crippen LogP contribution in [0.5, 0.6) is 5.75 Å². The third-order valence-electron chi connectivity index (χ3n) is 8.71. The molecule has 40 heavy (non-hydrogen) atoms. The highest BCUT2D eigenvalue weighted by atomic mass is 32.1. The normalized spacial score (nSPS) is 22.1. The first-order chi connectivity index (χ1) is 19.6. The third kappa shape index (κ3) is 5.76. The van der Waals surface area contributed by atoms with E-state index in [0.717, 1.165) is 80.9 Å². The average Bonchev–Trinajstić information content (AvgIpc) is 3.69. The zero-order chi connectivity index (χ0) is 27.5. The molecular formula is C32H41N5O2S. The van der Waals surface area contributed by atoms with E-state index < -0.39 is 0 Å². The van der Waals surface area contributed by atoms with E-state index in [1.54, 1.807) is 0 Å².